The maximum Gasteiger partial charge on any atom is 0.188 e. The van der Waals surface area contributed by atoms with Crippen molar-refractivity contribution in [2.75, 3.05) is 6.54 Å². The summed E-state index contributed by atoms with van der Waals surface area (Å²) in [6, 6.07) is 2.59. The lowest BCUT2D eigenvalue weighted by Gasteiger charge is -2.26. The normalized spacial score (nSPS) is 14.2. The predicted octanol–water partition coefficient (Wildman–Crippen LogP) is 4.13. The van der Waals surface area contributed by atoms with Crippen molar-refractivity contribution in [1.82, 2.24) is 15.3 Å². The maximum absolute atomic E-state index is 4.57. The van der Waals surface area contributed by atoms with E-state index in [1.54, 1.807) is 0 Å². The van der Waals surface area contributed by atoms with Crippen LogP contribution < -0.4 is 5.32 Å². The van der Waals surface area contributed by atoms with Crippen LogP contribution in [0.1, 0.15) is 57.8 Å². The summed E-state index contributed by atoms with van der Waals surface area (Å²) in [6.45, 7) is 11.9. The molecule has 0 spiro atoms. The van der Waals surface area contributed by atoms with Crippen LogP contribution in [0.15, 0.2) is 11.2 Å². The summed E-state index contributed by atoms with van der Waals surface area (Å²) in [5.74, 6) is 0. The summed E-state index contributed by atoms with van der Waals surface area (Å²) >= 11 is 1.83. The summed E-state index contributed by atoms with van der Waals surface area (Å²) in [5.41, 5.74) is 2.12. The molecule has 0 saturated heterocycles. The molecule has 1 N–H and O–H groups in total. The van der Waals surface area contributed by atoms with Crippen molar-refractivity contribution in [2.24, 2.45) is 0 Å². The third kappa shape index (κ3) is 5.80. The van der Waals surface area contributed by atoms with Crippen molar-refractivity contribution in [3.8, 4) is 0 Å². The second kappa shape index (κ2) is 9.35. The zero-order valence-corrected chi connectivity index (χ0v) is 14.4. The third-order valence-electron chi connectivity index (χ3n) is 3.33. The molecule has 20 heavy (non-hydrogen) atoms. The Kier molecular flexibility index (Phi) is 8.15. The molecule has 2 unspecified atom stereocenters. The Morgan fingerprint density at radius 3 is 2.25 bits per heavy atom. The van der Waals surface area contributed by atoms with Crippen molar-refractivity contribution in [2.45, 2.75) is 76.8 Å². The molecule has 0 aromatic carbocycles. The average Bonchev–Trinajstić information content (AvgIpc) is 2.40. The number of rotatable bonds is 9. The number of thioether (sulfide) groups is 1. The van der Waals surface area contributed by atoms with E-state index < -0.39 is 0 Å². The van der Waals surface area contributed by atoms with Gasteiger partial charge in [0.15, 0.2) is 5.16 Å². The summed E-state index contributed by atoms with van der Waals surface area (Å²) < 4.78 is 0. The van der Waals surface area contributed by atoms with E-state index >= 15 is 0 Å². The lowest BCUT2D eigenvalue weighted by Crippen LogP contribution is -2.38. The fourth-order valence-electron chi connectivity index (χ4n) is 2.39. The standard InChI is InChI=1S/C16H29N3S/c1-6-9-14(17-10-7-2)15(8-3)20-16-18-12(4)11-13(5)19-16/h11,14-15,17H,6-10H2,1-5H3. The highest BCUT2D eigenvalue weighted by Gasteiger charge is 2.21. The molecule has 0 aliphatic rings. The number of aryl methyl sites for hydroxylation is 2. The monoisotopic (exact) mass is 295 g/mol. The van der Waals surface area contributed by atoms with Crippen LogP contribution in [0.4, 0.5) is 0 Å². The Bertz CT molecular complexity index is 375. The second-order valence-corrected chi connectivity index (χ2v) is 6.55. The Labute approximate surface area is 128 Å². The molecule has 4 heteroatoms. The SMILES string of the molecule is CCCNC(CCC)C(CC)Sc1nc(C)cc(C)n1. The van der Waals surface area contributed by atoms with Crippen LogP contribution in [0.25, 0.3) is 0 Å². The lowest BCUT2D eigenvalue weighted by molar-refractivity contribution is 0.454. The average molecular weight is 295 g/mol. The molecule has 2 atom stereocenters. The van der Waals surface area contributed by atoms with Crippen LogP contribution in [0.3, 0.4) is 0 Å². The smallest absolute Gasteiger partial charge is 0.188 e. The molecule has 0 fully saturated rings. The number of hydrogen-bond acceptors (Lipinski definition) is 4. The first-order valence-corrected chi connectivity index (χ1v) is 8.70. The molecule has 1 aromatic rings. The zero-order chi connectivity index (χ0) is 15.0. The summed E-state index contributed by atoms with van der Waals surface area (Å²) in [5, 5.41) is 5.16. The van der Waals surface area contributed by atoms with E-state index in [0.29, 0.717) is 11.3 Å². The Hall–Kier alpha value is -0.610. The highest BCUT2D eigenvalue weighted by atomic mass is 32.2. The van der Waals surface area contributed by atoms with Crippen molar-refractivity contribution in [1.29, 1.82) is 0 Å². The first-order valence-electron chi connectivity index (χ1n) is 7.82. The third-order valence-corrected chi connectivity index (χ3v) is 4.68. The van der Waals surface area contributed by atoms with Gasteiger partial charge in [-0.25, -0.2) is 9.97 Å². The van der Waals surface area contributed by atoms with Crippen molar-refractivity contribution in [3.05, 3.63) is 17.5 Å². The largest absolute Gasteiger partial charge is 0.313 e. The molecule has 3 nitrogen and oxygen atoms in total. The van der Waals surface area contributed by atoms with Gasteiger partial charge in [-0.1, -0.05) is 39.0 Å². The molecule has 0 saturated carbocycles. The molecule has 0 radical (unpaired) electrons. The highest BCUT2D eigenvalue weighted by Crippen LogP contribution is 2.27. The van der Waals surface area contributed by atoms with Gasteiger partial charge >= 0.3 is 0 Å². The Balaban J connectivity index is 2.76. The van der Waals surface area contributed by atoms with Gasteiger partial charge in [0.2, 0.25) is 0 Å². The van der Waals surface area contributed by atoms with Gasteiger partial charge in [-0.15, -0.1) is 0 Å². The van der Waals surface area contributed by atoms with Crippen LogP contribution in [-0.2, 0) is 0 Å². The maximum atomic E-state index is 4.57. The van der Waals surface area contributed by atoms with Gasteiger partial charge in [-0.2, -0.15) is 0 Å². The fraction of sp³-hybridized carbons (Fsp3) is 0.750. The van der Waals surface area contributed by atoms with Crippen LogP contribution in [0.5, 0.6) is 0 Å². The number of nitrogens with zero attached hydrogens (tertiary/aromatic N) is 2. The minimum absolute atomic E-state index is 0.544. The van der Waals surface area contributed by atoms with E-state index in [-0.39, 0.29) is 0 Å². The van der Waals surface area contributed by atoms with Crippen molar-refractivity contribution >= 4 is 11.8 Å². The van der Waals surface area contributed by atoms with Gasteiger partial charge in [0, 0.05) is 22.7 Å². The molecule has 0 amide bonds. The number of aromatic nitrogens is 2. The van der Waals surface area contributed by atoms with Crippen LogP contribution in [0, 0.1) is 13.8 Å². The van der Waals surface area contributed by atoms with E-state index in [1.807, 2.05) is 31.7 Å². The summed E-state index contributed by atoms with van der Waals surface area (Å²) in [7, 11) is 0. The molecular formula is C16H29N3S. The van der Waals surface area contributed by atoms with Crippen LogP contribution >= 0.6 is 11.8 Å². The molecule has 1 heterocycles. The van der Waals surface area contributed by atoms with E-state index in [0.717, 1.165) is 29.5 Å². The quantitative estimate of drug-likeness (QED) is 0.549. The predicted molar refractivity (Wildman–Crippen MR) is 88.4 cm³/mol. The first kappa shape index (κ1) is 17.4. The van der Waals surface area contributed by atoms with Crippen LogP contribution in [-0.4, -0.2) is 27.8 Å². The van der Waals surface area contributed by atoms with Crippen molar-refractivity contribution < 1.29 is 0 Å². The minimum Gasteiger partial charge on any atom is -0.313 e. The van der Waals surface area contributed by atoms with E-state index in [1.165, 1.54) is 19.3 Å². The minimum atomic E-state index is 0.544. The first-order chi connectivity index (χ1) is 9.60. The van der Waals surface area contributed by atoms with Gasteiger partial charge in [-0.05, 0) is 45.7 Å². The Morgan fingerprint density at radius 1 is 1.10 bits per heavy atom. The molecule has 0 aliphatic heterocycles. The van der Waals surface area contributed by atoms with Crippen LogP contribution in [0.2, 0.25) is 0 Å². The Morgan fingerprint density at radius 2 is 1.75 bits per heavy atom. The number of nitrogens with one attached hydrogen (secondary N) is 1. The summed E-state index contributed by atoms with van der Waals surface area (Å²) in [6.07, 6.45) is 4.76. The van der Waals surface area contributed by atoms with E-state index in [2.05, 4.69) is 36.1 Å². The summed E-state index contributed by atoms with van der Waals surface area (Å²) in [4.78, 5) is 9.14. The fourth-order valence-corrected chi connectivity index (χ4v) is 3.62. The molecule has 1 aromatic heterocycles. The topological polar surface area (TPSA) is 37.8 Å². The highest BCUT2D eigenvalue weighted by molar-refractivity contribution is 7.99. The van der Waals surface area contributed by atoms with Gasteiger partial charge in [0.05, 0.1) is 0 Å². The molecule has 0 aliphatic carbocycles. The molecular weight excluding hydrogens is 266 g/mol. The second-order valence-electron chi connectivity index (χ2n) is 5.35. The van der Waals surface area contributed by atoms with E-state index in [9.17, 15) is 0 Å². The molecule has 1 rings (SSSR count). The molecule has 114 valence electrons. The van der Waals surface area contributed by atoms with Crippen molar-refractivity contribution in [3.63, 3.8) is 0 Å². The van der Waals surface area contributed by atoms with E-state index in [4.69, 9.17) is 0 Å². The number of hydrogen-bond donors (Lipinski definition) is 1. The van der Waals surface area contributed by atoms with Gasteiger partial charge < -0.3 is 5.32 Å². The van der Waals surface area contributed by atoms with Gasteiger partial charge in [0.1, 0.15) is 0 Å². The van der Waals surface area contributed by atoms with Gasteiger partial charge in [-0.3, -0.25) is 0 Å². The van der Waals surface area contributed by atoms with Gasteiger partial charge in [0.25, 0.3) is 0 Å². The molecule has 0 bridgehead atoms. The zero-order valence-electron chi connectivity index (χ0n) is 13.6. The lowest BCUT2D eigenvalue weighted by atomic mass is 10.1.